The summed E-state index contributed by atoms with van der Waals surface area (Å²) in [6, 6.07) is 0. The van der Waals surface area contributed by atoms with E-state index in [1.165, 1.54) is 0 Å². The molecule has 3 rings (SSSR count). The van der Waals surface area contributed by atoms with Gasteiger partial charge in [0.1, 0.15) is 5.65 Å². The van der Waals surface area contributed by atoms with Gasteiger partial charge in [-0.15, -0.1) is 0 Å². The Labute approximate surface area is 75.4 Å². The second kappa shape index (κ2) is 2.13. The third-order valence-corrected chi connectivity index (χ3v) is 2.04. The van der Waals surface area contributed by atoms with E-state index in [1.54, 1.807) is 16.8 Å². The minimum absolute atomic E-state index is 0.358. The second-order valence-electron chi connectivity index (χ2n) is 2.88. The van der Waals surface area contributed by atoms with Crippen molar-refractivity contribution in [3.63, 3.8) is 0 Å². The zero-order chi connectivity index (χ0) is 9.71. The first-order valence-corrected chi connectivity index (χ1v) is 3.93. The van der Waals surface area contributed by atoms with E-state index in [-0.39, 0.29) is 0 Å². The van der Waals surface area contributed by atoms with E-state index < -0.39 is 11.2 Å². The molecule has 3 aromatic heterocycles. The Bertz CT molecular complexity index is 728. The molecular formula is C7H5N5O2. The van der Waals surface area contributed by atoms with Crippen molar-refractivity contribution in [1.82, 2.24) is 24.3 Å². The van der Waals surface area contributed by atoms with Crippen molar-refractivity contribution < 1.29 is 0 Å². The zero-order valence-corrected chi connectivity index (χ0v) is 6.87. The smallest absolute Gasteiger partial charge is 0.309 e. The van der Waals surface area contributed by atoms with Crippen LogP contribution in [0.1, 0.15) is 0 Å². The van der Waals surface area contributed by atoms with Crippen LogP contribution in [0, 0.1) is 0 Å². The monoisotopic (exact) mass is 191 g/mol. The number of nitrogens with zero attached hydrogens (tertiary/aromatic N) is 2. The van der Waals surface area contributed by atoms with Crippen LogP contribution in [0.5, 0.6) is 0 Å². The molecule has 0 aliphatic rings. The molecule has 0 atom stereocenters. The Kier molecular flexibility index (Phi) is 1.09. The average Bonchev–Trinajstić information content (AvgIpc) is 2.60. The standard InChI is InChI=1S/C7H5N5O2/c13-5-3-4(10-7(14)11-5)9-6-8-1-2-12(3)6/h1-2H,(H3,8,9,10,11,13,14). The zero-order valence-electron chi connectivity index (χ0n) is 6.87. The number of aromatic nitrogens is 5. The summed E-state index contributed by atoms with van der Waals surface area (Å²) < 4.78 is 1.57. The van der Waals surface area contributed by atoms with Crippen LogP contribution in [-0.2, 0) is 0 Å². The summed E-state index contributed by atoms with van der Waals surface area (Å²) in [7, 11) is 0. The molecule has 0 bridgehead atoms. The van der Waals surface area contributed by atoms with Gasteiger partial charge >= 0.3 is 5.69 Å². The number of rotatable bonds is 0. The van der Waals surface area contributed by atoms with Crippen LogP contribution >= 0.6 is 0 Å². The molecule has 0 spiro atoms. The van der Waals surface area contributed by atoms with Gasteiger partial charge in [-0.25, -0.2) is 9.78 Å². The molecule has 3 N–H and O–H groups in total. The molecule has 0 saturated heterocycles. The lowest BCUT2D eigenvalue weighted by atomic mass is 10.5. The molecule has 70 valence electrons. The summed E-state index contributed by atoms with van der Waals surface area (Å²) in [5.74, 6) is 0.521. The molecule has 7 nitrogen and oxygen atoms in total. The van der Waals surface area contributed by atoms with Crippen LogP contribution in [0.4, 0.5) is 0 Å². The third kappa shape index (κ3) is 0.729. The minimum Gasteiger partial charge on any atom is -0.309 e. The highest BCUT2D eigenvalue weighted by Gasteiger charge is 2.08. The molecule has 3 aromatic rings. The maximum atomic E-state index is 11.4. The fourth-order valence-corrected chi connectivity index (χ4v) is 1.49. The first-order valence-electron chi connectivity index (χ1n) is 3.93. The minimum atomic E-state index is -0.535. The van der Waals surface area contributed by atoms with Gasteiger partial charge in [-0.3, -0.25) is 19.2 Å². The number of nitrogens with one attached hydrogen (secondary N) is 3. The van der Waals surface area contributed by atoms with Crippen LogP contribution in [0.3, 0.4) is 0 Å². The van der Waals surface area contributed by atoms with Gasteiger partial charge in [0.15, 0.2) is 5.52 Å². The van der Waals surface area contributed by atoms with E-state index in [4.69, 9.17) is 0 Å². The van der Waals surface area contributed by atoms with Gasteiger partial charge in [0.2, 0.25) is 5.78 Å². The van der Waals surface area contributed by atoms with Gasteiger partial charge in [-0.1, -0.05) is 0 Å². The summed E-state index contributed by atoms with van der Waals surface area (Å²) in [4.78, 5) is 33.8. The lowest BCUT2D eigenvalue weighted by molar-refractivity contribution is 1.06. The predicted molar refractivity (Wildman–Crippen MR) is 48.3 cm³/mol. The van der Waals surface area contributed by atoms with Crippen LogP contribution in [-0.4, -0.2) is 24.3 Å². The predicted octanol–water partition coefficient (Wildman–Crippen LogP) is -0.808. The molecule has 7 heteroatoms. The molecule has 0 unspecified atom stereocenters. The molecule has 0 amide bonds. The van der Waals surface area contributed by atoms with E-state index in [1.807, 2.05) is 0 Å². The van der Waals surface area contributed by atoms with Gasteiger partial charge in [0.25, 0.3) is 5.56 Å². The van der Waals surface area contributed by atoms with Crippen molar-refractivity contribution in [1.29, 1.82) is 0 Å². The molecule has 0 radical (unpaired) electrons. The van der Waals surface area contributed by atoms with Gasteiger partial charge in [0, 0.05) is 12.4 Å². The Morgan fingerprint density at radius 3 is 2.93 bits per heavy atom. The van der Waals surface area contributed by atoms with E-state index in [2.05, 4.69) is 19.9 Å². The number of hydrogen-bond donors (Lipinski definition) is 3. The summed E-state index contributed by atoms with van der Waals surface area (Å²) in [5, 5.41) is 0. The molecular weight excluding hydrogens is 186 g/mol. The Hall–Kier alpha value is -2.31. The summed E-state index contributed by atoms with van der Waals surface area (Å²) in [5.41, 5.74) is -0.237. The second-order valence-corrected chi connectivity index (χ2v) is 2.88. The van der Waals surface area contributed by atoms with Crippen LogP contribution < -0.4 is 11.2 Å². The van der Waals surface area contributed by atoms with Gasteiger partial charge in [-0.2, -0.15) is 0 Å². The molecule has 0 saturated carbocycles. The van der Waals surface area contributed by atoms with Crippen molar-refractivity contribution in [2.24, 2.45) is 0 Å². The van der Waals surface area contributed by atoms with E-state index >= 15 is 0 Å². The lowest BCUT2D eigenvalue weighted by Crippen LogP contribution is -2.22. The van der Waals surface area contributed by atoms with Crippen molar-refractivity contribution in [3.8, 4) is 0 Å². The Morgan fingerprint density at radius 1 is 1.21 bits per heavy atom. The van der Waals surface area contributed by atoms with Crippen LogP contribution in [0.15, 0.2) is 22.0 Å². The molecule has 0 aliphatic heterocycles. The molecule has 3 heterocycles. The van der Waals surface area contributed by atoms with Crippen molar-refractivity contribution in [2.75, 3.05) is 0 Å². The fourth-order valence-electron chi connectivity index (χ4n) is 1.49. The third-order valence-electron chi connectivity index (χ3n) is 2.04. The maximum Gasteiger partial charge on any atom is 0.327 e. The average molecular weight is 191 g/mol. The topological polar surface area (TPSA) is 98.8 Å². The highest BCUT2D eigenvalue weighted by atomic mass is 16.2. The Balaban J connectivity index is 2.76. The van der Waals surface area contributed by atoms with Crippen molar-refractivity contribution in [2.45, 2.75) is 0 Å². The van der Waals surface area contributed by atoms with Crippen LogP contribution in [0.25, 0.3) is 16.9 Å². The van der Waals surface area contributed by atoms with E-state index in [0.717, 1.165) is 0 Å². The SMILES string of the molecule is O=c1[nH]c(=O)c2c([nH]1)[nH]c1nccn12. The summed E-state index contributed by atoms with van der Waals surface area (Å²) in [6.45, 7) is 0. The molecule has 14 heavy (non-hydrogen) atoms. The normalized spacial score (nSPS) is 11.4. The molecule has 0 aliphatic carbocycles. The number of H-pyrrole nitrogens is 3. The van der Waals surface area contributed by atoms with Crippen molar-refractivity contribution in [3.05, 3.63) is 33.2 Å². The Morgan fingerprint density at radius 2 is 2.07 bits per heavy atom. The number of hydrogen-bond acceptors (Lipinski definition) is 3. The van der Waals surface area contributed by atoms with Crippen LogP contribution in [0.2, 0.25) is 0 Å². The summed E-state index contributed by atoms with van der Waals surface area (Å²) >= 11 is 0. The highest BCUT2D eigenvalue weighted by molar-refractivity contribution is 5.74. The van der Waals surface area contributed by atoms with Crippen molar-refractivity contribution >= 4 is 16.9 Å². The first kappa shape index (κ1) is 7.13. The number of aromatic amines is 3. The highest BCUT2D eigenvalue weighted by Crippen LogP contribution is 2.06. The quantitative estimate of drug-likeness (QED) is 0.433. The first-order chi connectivity index (χ1) is 6.75. The molecule has 0 fully saturated rings. The fraction of sp³-hybridized carbons (Fsp3) is 0. The largest absolute Gasteiger partial charge is 0.327 e. The number of imidazole rings is 2. The van der Waals surface area contributed by atoms with Gasteiger partial charge < -0.3 is 4.98 Å². The lowest BCUT2D eigenvalue weighted by Gasteiger charge is -1.87. The van der Waals surface area contributed by atoms with E-state index in [9.17, 15) is 9.59 Å². The van der Waals surface area contributed by atoms with Gasteiger partial charge in [-0.05, 0) is 0 Å². The summed E-state index contributed by atoms with van der Waals surface area (Å²) in [6.07, 6.45) is 3.21. The van der Waals surface area contributed by atoms with Gasteiger partial charge in [0.05, 0.1) is 0 Å². The molecule has 0 aromatic carbocycles. The number of fused-ring (bicyclic) bond motifs is 3. The van der Waals surface area contributed by atoms with E-state index in [0.29, 0.717) is 16.9 Å². The maximum absolute atomic E-state index is 11.4.